The average molecular weight is 374 g/mol. The SMILES string of the molecule is CCCC(=O)Nc1ccc(OCC(=O)NCc2cccs2)c(C(C)=O)c1. The summed E-state index contributed by atoms with van der Waals surface area (Å²) < 4.78 is 5.50. The normalized spacial score (nSPS) is 10.2. The van der Waals surface area contributed by atoms with Gasteiger partial charge in [-0.05, 0) is 43.0 Å². The summed E-state index contributed by atoms with van der Waals surface area (Å²) in [7, 11) is 0. The molecule has 6 nitrogen and oxygen atoms in total. The van der Waals surface area contributed by atoms with Crippen molar-refractivity contribution >= 4 is 34.6 Å². The molecule has 1 heterocycles. The van der Waals surface area contributed by atoms with E-state index in [0.29, 0.717) is 30.0 Å². The Labute approximate surface area is 156 Å². The highest BCUT2D eigenvalue weighted by Crippen LogP contribution is 2.23. The summed E-state index contributed by atoms with van der Waals surface area (Å²) in [5.41, 5.74) is 0.855. The third kappa shape index (κ3) is 6.00. The Hall–Kier alpha value is -2.67. The van der Waals surface area contributed by atoms with Gasteiger partial charge >= 0.3 is 0 Å². The second kappa shape index (κ2) is 9.72. The number of carbonyl (C=O) groups is 3. The third-order valence-corrected chi connectivity index (χ3v) is 4.39. The lowest BCUT2D eigenvalue weighted by atomic mass is 10.1. The molecular weight excluding hydrogens is 352 g/mol. The highest BCUT2D eigenvalue weighted by Gasteiger charge is 2.13. The molecule has 0 saturated carbocycles. The van der Waals surface area contributed by atoms with E-state index < -0.39 is 0 Å². The van der Waals surface area contributed by atoms with Crippen molar-refractivity contribution in [2.75, 3.05) is 11.9 Å². The van der Waals surface area contributed by atoms with E-state index in [1.807, 2.05) is 24.4 Å². The maximum Gasteiger partial charge on any atom is 0.258 e. The van der Waals surface area contributed by atoms with Gasteiger partial charge < -0.3 is 15.4 Å². The minimum absolute atomic E-state index is 0.108. The summed E-state index contributed by atoms with van der Waals surface area (Å²) in [4.78, 5) is 36.5. The first kappa shape index (κ1) is 19.7. The zero-order valence-electron chi connectivity index (χ0n) is 14.8. The molecule has 0 spiro atoms. The van der Waals surface area contributed by atoms with Crippen molar-refractivity contribution in [3.8, 4) is 5.75 Å². The fraction of sp³-hybridized carbons (Fsp3) is 0.316. The second-order valence-electron chi connectivity index (χ2n) is 5.71. The van der Waals surface area contributed by atoms with Gasteiger partial charge in [-0.2, -0.15) is 0 Å². The number of ketones is 1. The predicted molar refractivity (Wildman–Crippen MR) is 102 cm³/mol. The Balaban J connectivity index is 1.95. The van der Waals surface area contributed by atoms with E-state index in [0.717, 1.165) is 11.3 Å². The maximum absolute atomic E-state index is 11.9. The molecule has 0 radical (unpaired) electrons. The molecule has 26 heavy (non-hydrogen) atoms. The Kier molecular flexibility index (Phi) is 7.35. The molecule has 0 aliphatic heterocycles. The lowest BCUT2D eigenvalue weighted by Crippen LogP contribution is -2.28. The number of amides is 2. The van der Waals surface area contributed by atoms with Gasteiger partial charge in [-0.3, -0.25) is 14.4 Å². The molecular formula is C19H22N2O4S. The monoisotopic (exact) mass is 374 g/mol. The molecule has 0 unspecified atom stereocenters. The largest absolute Gasteiger partial charge is 0.483 e. The molecule has 1 aromatic carbocycles. The quantitative estimate of drug-likeness (QED) is 0.659. The van der Waals surface area contributed by atoms with Crippen LogP contribution < -0.4 is 15.4 Å². The molecule has 2 aromatic rings. The molecule has 138 valence electrons. The second-order valence-corrected chi connectivity index (χ2v) is 6.74. The van der Waals surface area contributed by atoms with Crippen LogP contribution in [0.15, 0.2) is 35.7 Å². The van der Waals surface area contributed by atoms with E-state index in [2.05, 4.69) is 10.6 Å². The Morgan fingerprint density at radius 3 is 2.62 bits per heavy atom. The molecule has 0 bridgehead atoms. The first-order chi connectivity index (χ1) is 12.5. The van der Waals surface area contributed by atoms with Crippen LogP contribution in [0.4, 0.5) is 5.69 Å². The molecule has 2 amide bonds. The predicted octanol–water partition coefficient (Wildman–Crippen LogP) is 3.38. The van der Waals surface area contributed by atoms with Gasteiger partial charge in [0.25, 0.3) is 5.91 Å². The Bertz CT molecular complexity index is 772. The third-order valence-electron chi connectivity index (χ3n) is 3.52. The van der Waals surface area contributed by atoms with E-state index >= 15 is 0 Å². The van der Waals surface area contributed by atoms with E-state index in [1.165, 1.54) is 6.92 Å². The van der Waals surface area contributed by atoms with Gasteiger partial charge in [0.05, 0.1) is 12.1 Å². The van der Waals surface area contributed by atoms with Crippen LogP contribution in [0.5, 0.6) is 5.75 Å². The molecule has 2 N–H and O–H groups in total. The van der Waals surface area contributed by atoms with Gasteiger partial charge in [-0.15, -0.1) is 11.3 Å². The van der Waals surface area contributed by atoms with Crippen LogP contribution in [0, 0.1) is 0 Å². The number of rotatable bonds is 9. The Morgan fingerprint density at radius 2 is 1.96 bits per heavy atom. The van der Waals surface area contributed by atoms with Crippen molar-refractivity contribution < 1.29 is 19.1 Å². The number of Topliss-reactive ketones (excluding diaryl/α,β-unsaturated/α-hetero) is 1. The van der Waals surface area contributed by atoms with E-state index in [9.17, 15) is 14.4 Å². The van der Waals surface area contributed by atoms with Crippen LogP contribution in [0.25, 0.3) is 0 Å². The van der Waals surface area contributed by atoms with Crippen molar-refractivity contribution in [1.29, 1.82) is 0 Å². The summed E-state index contributed by atoms with van der Waals surface area (Å²) in [6, 6.07) is 8.66. The molecule has 0 aliphatic rings. The standard InChI is InChI=1S/C19H22N2O4S/c1-3-5-18(23)21-14-7-8-17(16(10-14)13(2)22)25-12-19(24)20-11-15-6-4-9-26-15/h4,6-10H,3,5,11-12H2,1-2H3,(H,20,24)(H,21,23). The summed E-state index contributed by atoms with van der Waals surface area (Å²) in [5.74, 6) is -0.264. The van der Waals surface area contributed by atoms with Gasteiger partial charge in [0.15, 0.2) is 12.4 Å². The fourth-order valence-corrected chi connectivity index (χ4v) is 2.90. The number of hydrogen-bond donors (Lipinski definition) is 2. The van der Waals surface area contributed by atoms with E-state index in [4.69, 9.17) is 4.74 Å². The van der Waals surface area contributed by atoms with Crippen molar-refractivity contribution in [1.82, 2.24) is 5.32 Å². The summed E-state index contributed by atoms with van der Waals surface area (Å²) in [6.07, 6.45) is 1.16. The van der Waals surface area contributed by atoms with E-state index in [1.54, 1.807) is 29.5 Å². The number of benzene rings is 1. The van der Waals surface area contributed by atoms with Gasteiger partial charge in [0, 0.05) is 17.0 Å². The van der Waals surface area contributed by atoms with Crippen LogP contribution in [-0.2, 0) is 16.1 Å². The van der Waals surface area contributed by atoms with Gasteiger partial charge in [-0.25, -0.2) is 0 Å². The molecule has 2 rings (SSSR count). The number of thiophene rings is 1. The minimum atomic E-state index is -0.270. The maximum atomic E-state index is 11.9. The van der Waals surface area contributed by atoms with Gasteiger partial charge in [-0.1, -0.05) is 13.0 Å². The number of anilines is 1. The van der Waals surface area contributed by atoms with Crippen molar-refractivity contribution in [2.45, 2.75) is 33.2 Å². The first-order valence-electron chi connectivity index (χ1n) is 8.36. The lowest BCUT2D eigenvalue weighted by Gasteiger charge is -2.12. The number of ether oxygens (including phenoxy) is 1. The number of hydrogen-bond acceptors (Lipinski definition) is 5. The zero-order valence-corrected chi connectivity index (χ0v) is 15.7. The smallest absolute Gasteiger partial charge is 0.258 e. The Morgan fingerprint density at radius 1 is 1.15 bits per heavy atom. The molecule has 1 aromatic heterocycles. The molecule has 0 fully saturated rings. The van der Waals surface area contributed by atoms with Crippen molar-refractivity contribution in [2.24, 2.45) is 0 Å². The number of nitrogens with one attached hydrogen (secondary N) is 2. The van der Waals surface area contributed by atoms with E-state index in [-0.39, 0.29) is 24.2 Å². The molecule has 7 heteroatoms. The summed E-state index contributed by atoms with van der Waals surface area (Å²) >= 11 is 1.56. The average Bonchev–Trinajstić information content (AvgIpc) is 3.12. The molecule has 0 atom stereocenters. The van der Waals surface area contributed by atoms with Crippen LogP contribution in [0.3, 0.4) is 0 Å². The van der Waals surface area contributed by atoms with Crippen molar-refractivity contribution in [3.05, 3.63) is 46.2 Å². The topological polar surface area (TPSA) is 84.5 Å². The van der Waals surface area contributed by atoms with Gasteiger partial charge in [0.2, 0.25) is 5.91 Å². The lowest BCUT2D eigenvalue weighted by molar-refractivity contribution is -0.123. The molecule has 0 aliphatic carbocycles. The van der Waals surface area contributed by atoms with Gasteiger partial charge in [0.1, 0.15) is 5.75 Å². The first-order valence-corrected chi connectivity index (χ1v) is 9.24. The van der Waals surface area contributed by atoms with Crippen LogP contribution in [-0.4, -0.2) is 24.2 Å². The minimum Gasteiger partial charge on any atom is -0.483 e. The van der Waals surface area contributed by atoms with Crippen LogP contribution >= 0.6 is 11.3 Å². The fourth-order valence-electron chi connectivity index (χ4n) is 2.25. The van der Waals surface area contributed by atoms with Crippen molar-refractivity contribution in [3.63, 3.8) is 0 Å². The highest BCUT2D eigenvalue weighted by molar-refractivity contribution is 7.09. The molecule has 0 saturated heterocycles. The van der Waals surface area contributed by atoms with Crippen LogP contribution in [0.2, 0.25) is 0 Å². The zero-order chi connectivity index (χ0) is 18.9. The number of carbonyl (C=O) groups excluding carboxylic acids is 3. The highest BCUT2D eigenvalue weighted by atomic mass is 32.1. The summed E-state index contributed by atoms with van der Waals surface area (Å²) in [5, 5.41) is 7.44. The van der Waals surface area contributed by atoms with Crippen LogP contribution in [0.1, 0.15) is 41.9 Å². The summed E-state index contributed by atoms with van der Waals surface area (Å²) in [6.45, 7) is 3.59.